The summed E-state index contributed by atoms with van der Waals surface area (Å²) in [4.78, 5) is 10.2. The highest BCUT2D eigenvalue weighted by Crippen LogP contribution is 2.25. The second-order valence-electron chi connectivity index (χ2n) is 3.24. The molecule has 0 radical (unpaired) electrons. The summed E-state index contributed by atoms with van der Waals surface area (Å²) in [6.45, 7) is 1.71. The maximum Gasteiger partial charge on any atom is 0.272 e. The third kappa shape index (κ3) is 1.74. The van der Waals surface area contributed by atoms with E-state index in [-0.39, 0.29) is 10.6 Å². The van der Waals surface area contributed by atoms with Crippen molar-refractivity contribution in [2.45, 2.75) is 6.92 Å². The second-order valence-corrected chi connectivity index (χ2v) is 3.24. The van der Waals surface area contributed by atoms with Gasteiger partial charge >= 0.3 is 0 Å². The molecule has 0 atom stereocenters. The van der Waals surface area contributed by atoms with E-state index in [2.05, 4.69) is 0 Å². The molecule has 0 fully saturated rings. The molecule has 4 nitrogen and oxygen atoms in total. The second kappa shape index (κ2) is 3.57. The van der Waals surface area contributed by atoms with Gasteiger partial charge in [0.25, 0.3) is 5.69 Å². The molecule has 0 saturated heterocycles. The van der Waals surface area contributed by atoms with Crippen LogP contribution in [0.3, 0.4) is 0 Å². The van der Waals surface area contributed by atoms with Crippen molar-refractivity contribution in [2.75, 3.05) is 0 Å². The van der Waals surface area contributed by atoms with Crippen LogP contribution in [0.4, 0.5) is 5.69 Å². The largest absolute Gasteiger partial charge is 0.464 e. The standard InChI is InChI=1S/C11H9NO3/c1-8-7-9(11-3-2-6-15-11)4-5-10(8)12(13)14/h2-7H,1H3. The summed E-state index contributed by atoms with van der Waals surface area (Å²) in [6, 6.07) is 8.53. The Kier molecular flexibility index (Phi) is 2.25. The van der Waals surface area contributed by atoms with Crippen LogP contribution in [-0.4, -0.2) is 4.92 Å². The highest BCUT2D eigenvalue weighted by atomic mass is 16.6. The van der Waals surface area contributed by atoms with Gasteiger partial charge in [0, 0.05) is 17.2 Å². The Labute approximate surface area is 86.3 Å². The zero-order valence-electron chi connectivity index (χ0n) is 8.14. The zero-order chi connectivity index (χ0) is 10.8. The number of benzene rings is 1. The summed E-state index contributed by atoms with van der Waals surface area (Å²) in [5, 5.41) is 10.6. The van der Waals surface area contributed by atoms with Crippen LogP contribution in [0.2, 0.25) is 0 Å². The van der Waals surface area contributed by atoms with E-state index in [9.17, 15) is 10.1 Å². The molecule has 0 spiro atoms. The van der Waals surface area contributed by atoms with Crippen LogP contribution in [-0.2, 0) is 0 Å². The third-order valence-corrected chi connectivity index (χ3v) is 2.20. The molecule has 0 N–H and O–H groups in total. The van der Waals surface area contributed by atoms with Crippen molar-refractivity contribution in [1.29, 1.82) is 0 Å². The first-order valence-electron chi connectivity index (χ1n) is 4.47. The topological polar surface area (TPSA) is 56.3 Å². The molecular weight excluding hydrogens is 194 g/mol. The smallest absolute Gasteiger partial charge is 0.272 e. The summed E-state index contributed by atoms with van der Waals surface area (Å²) in [5.41, 5.74) is 1.61. The molecule has 76 valence electrons. The van der Waals surface area contributed by atoms with E-state index in [0.717, 1.165) is 5.56 Å². The average molecular weight is 203 g/mol. The minimum absolute atomic E-state index is 0.130. The Morgan fingerprint density at radius 1 is 1.33 bits per heavy atom. The SMILES string of the molecule is Cc1cc(-c2ccco2)ccc1[N+](=O)[O-]. The Morgan fingerprint density at radius 3 is 2.67 bits per heavy atom. The maximum atomic E-state index is 10.6. The molecule has 0 aliphatic rings. The number of nitro groups is 1. The van der Waals surface area contributed by atoms with Crippen LogP contribution in [0.5, 0.6) is 0 Å². The van der Waals surface area contributed by atoms with Gasteiger partial charge in [-0.15, -0.1) is 0 Å². The number of hydrogen-bond donors (Lipinski definition) is 0. The minimum atomic E-state index is -0.388. The Bertz CT molecular complexity index is 489. The van der Waals surface area contributed by atoms with Crippen LogP contribution >= 0.6 is 0 Å². The Morgan fingerprint density at radius 2 is 2.13 bits per heavy atom. The highest BCUT2D eigenvalue weighted by Gasteiger charge is 2.11. The third-order valence-electron chi connectivity index (χ3n) is 2.20. The molecule has 0 bridgehead atoms. The van der Waals surface area contributed by atoms with Gasteiger partial charge in [-0.1, -0.05) is 0 Å². The van der Waals surface area contributed by atoms with E-state index in [1.807, 2.05) is 6.07 Å². The van der Waals surface area contributed by atoms with Gasteiger partial charge in [-0.2, -0.15) is 0 Å². The van der Waals surface area contributed by atoms with Crippen molar-refractivity contribution in [1.82, 2.24) is 0 Å². The van der Waals surface area contributed by atoms with Crippen LogP contribution in [0.1, 0.15) is 5.56 Å². The van der Waals surface area contributed by atoms with Crippen molar-refractivity contribution in [3.63, 3.8) is 0 Å². The number of hydrogen-bond acceptors (Lipinski definition) is 3. The number of rotatable bonds is 2. The van der Waals surface area contributed by atoms with Crippen LogP contribution in [0.15, 0.2) is 41.0 Å². The fraction of sp³-hybridized carbons (Fsp3) is 0.0909. The Balaban J connectivity index is 2.47. The van der Waals surface area contributed by atoms with Crippen molar-refractivity contribution < 1.29 is 9.34 Å². The normalized spacial score (nSPS) is 10.2. The summed E-state index contributed by atoms with van der Waals surface area (Å²) in [5.74, 6) is 0.716. The summed E-state index contributed by atoms with van der Waals surface area (Å²) < 4.78 is 5.21. The van der Waals surface area contributed by atoms with Gasteiger partial charge in [-0.05, 0) is 31.2 Å². The van der Waals surface area contributed by atoms with Gasteiger partial charge in [0.05, 0.1) is 11.2 Å². The molecular formula is C11H9NO3. The lowest BCUT2D eigenvalue weighted by Crippen LogP contribution is -1.91. The number of nitrogens with zero attached hydrogens (tertiary/aromatic N) is 1. The summed E-state index contributed by atoms with van der Waals surface area (Å²) in [6.07, 6.45) is 1.58. The van der Waals surface area contributed by atoms with E-state index < -0.39 is 0 Å². The molecule has 2 rings (SSSR count). The highest BCUT2D eigenvalue weighted by molar-refractivity contribution is 5.61. The van der Waals surface area contributed by atoms with E-state index in [4.69, 9.17) is 4.42 Å². The lowest BCUT2D eigenvalue weighted by Gasteiger charge is -2.00. The molecule has 15 heavy (non-hydrogen) atoms. The van der Waals surface area contributed by atoms with Gasteiger partial charge in [0.2, 0.25) is 0 Å². The van der Waals surface area contributed by atoms with E-state index in [1.54, 1.807) is 31.4 Å². The lowest BCUT2D eigenvalue weighted by atomic mass is 10.1. The average Bonchev–Trinajstić information content (AvgIpc) is 2.69. The molecule has 0 aliphatic carbocycles. The van der Waals surface area contributed by atoms with Crippen molar-refractivity contribution in [3.8, 4) is 11.3 Å². The van der Waals surface area contributed by atoms with Crippen molar-refractivity contribution in [3.05, 3.63) is 52.3 Å². The monoisotopic (exact) mass is 203 g/mol. The van der Waals surface area contributed by atoms with Gasteiger partial charge in [-0.3, -0.25) is 10.1 Å². The Hall–Kier alpha value is -2.10. The summed E-state index contributed by atoms with van der Waals surface area (Å²) in [7, 11) is 0. The van der Waals surface area contributed by atoms with Crippen molar-refractivity contribution >= 4 is 5.69 Å². The van der Waals surface area contributed by atoms with Gasteiger partial charge in [0.15, 0.2) is 0 Å². The molecule has 1 heterocycles. The predicted molar refractivity (Wildman–Crippen MR) is 55.5 cm³/mol. The first-order valence-corrected chi connectivity index (χ1v) is 4.47. The van der Waals surface area contributed by atoms with Gasteiger partial charge < -0.3 is 4.42 Å². The fourth-order valence-electron chi connectivity index (χ4n) is 1.46. The summed E-state index contributed by atoms with van der Waals surface area (Å²) >= 11 is 0. The van der Waals surface area contributed by atoms with Crippen LogP contribution in [0, 0.1) is 17.0 Å². The van der Waals surface area contributed by atoms with Crippen LogP contribution in [0.25, 0.3) is 11.3 Å². The molecule has 0 saturated carbocycles. The quantitative estimate of drug-likeness (QED) is 0.556. The first-order chi connectivity index (χ1) is 7.18. The lowest BCUT2D eigenvalue weighted by molar-refractivity contribution is -0.385. The van der Waals surface area contributed by atoms with E-state index in [0.29, 0.717) is 11.3 Å². The molecule has 2 aromatic rings. The molecule has 1 aromatic carbocycles. The number of aryl methyl sites for hydroxylation is 1. The maximum absolute atomic E-state index is 10.6. The molecule has 0 amide bonds. The fourth-order valence-corrected chi connectivity index (χ4v) is 1.46. The van der Waals surface area contributed by atoms with Gasteiger partial charge in [-0.25, -0.2) is 0 Å². The van der Waals surface area contributed by atoms with Gasteiger partial charge in [0.1, 0.15) is 5.76 Å². The molecule has 0 unspecified atom stereocenters. The first kappa shape index (κ1) is 9.45. The molecule has 1 aromatic heterocycles. The van der Waals surface area contributed by atoms with E-state index >= 15 is 0 Å². The molecule has 4 heteroatoms. The predicted octanol–water partition coefficient (Wildman–Crippen LogP) is 3.16. The van der Waals surface area contributed by atoms with Crippen molar-refractivity contribution in [2.24, 2.45) is 0 Å². The molecule has 0 aliphatic heterocycles. The minimum Gasteiger partial charge on any atom is -0.464 e. The number of furan rings is 1. The number of nitro benzene ring substituents is 1. The van der Waals surface area contributed by atoms with E-state index in [1.165, 1.54) is 6.07 Å². The van der Waals surface area contributed by atoms with Crippen LogP contribution < -0.4 is 0 Å². The zero-order valence-corrected chi connectivity index (χ0v) is 8.14.